The minimum absolute atomic E-state index is 0.496. The molecule has 1 aromatic heterocycles. The second kappa shape index (κ2) is 4.33. The quantitative estimate of drug-likeness (QED) is 0.780. The van der Waals surface area contributed by atoms with E-state index in [-0.39, 0.29) is 0 Å². The zero-order valence-electron chi connectivity index (χ0n) is 7.84. The highest BCUT2D eigenvalue weighted by molar-refractivity contribution is 9.11. The second-order valence-corrected chi connectivity index (χ2v) is 4.97. The van der Waals surface area contributed by atoms with Crippen molar-refractivity contribution in [1.82, 2.24) is 4.98 Å². The fourth-order valence-corrected chi connectivity index (χ4v) is 1.82. The van der Waals surface area contributed by atoms with E-state index in [1.165, 1.54) is 0 Å². The summed E-state index contributed by atoms with van der Waals surface area (Å²) in [7, 11) is 0. The van der Waals surface area contributed by atoms with E-state index in [0.29, 0.717) is 5.88 Å². The molecule has 0 saturated heterocycles. The first-order chi connectivity index (χ1) is 6.44. The molecular weight excluding hydrogens is 310 g/mol. The van der Waals surface area contributed by atoms with Crippen molar-refractivity contribution in [1.29, 1.82) is 0 Å². The molecule has 0 aliphatic carbocycles. The van der Waals surface area contributed by atoms with Gasteiger partial charge in [-0.05, 0) is 51.8 Å². The van der Waals surface area contributed by atoms with Gasteiger partial charge in [0.25, 0.3) is 0 Å². The van der Waals surface area contributed by atoms with Crippen LogP contribution in [0.15, 0.2) is 21.2 Å². The predicted octanol–water partition coefficient (Wildman–Crippen LogP) is 3.40. The van der Waals surface area contributed by atoms with Crippen LogP contribution in [-0.4, -0.2) is 10.6 Å². The molecule has 0 radical (unpaired) electrons. The molecule has 1 heterocycles. The van der Waals surface area contributed by atoms with Crippen LogP contribution in [-0.2, 0) is 0 Å². The number of rotatable bonds is 2. The minimum Gasteiger partial charge on any atom is -0.458 e. The van der Waals surface area contributed by atoms with Gasteiger partial charge in [-0.15, -0.1) is 6.42 Å². The maximum atomic E-state index is 5.52. The topological polar surface area (TPSA) is 22.1 Å². The molecule has 14 heavy (non-hydrogen) atoms. The molecule has 0 fully saturated rings. The van der Waals surface area contributed by atoms with Gasteiger partial charge in [0, 0.05) is 10.7 Å². The van der Waals surface area contributed by atoms with Crippen LogP contribution in [0.3, 0.4) is 0 Å². The zero-order valence-corrected chi connectivity index (χ0v) is 11.0. The van der Waals surface area contributed by atoms with Crippen molar-refractivity contribution >= 4 is 31.9 Å². The van der Waals surface area contributed by atoms with Crippen LogP contribution in [0.1, 0.15) is 13.8 Å². The highest BCUT2D eigenvalue weighted by atomic mass is 79.9. The van der Waals surface area contributed by atoms with Crippen LogP contribution in [0.5, 0.6) is 5.88 Å². The number of nitrogens with zero attached hydrogens (tertiary/aromatic N) is 1. The number of ether oxygens (including phenoxy) is 1. The van der Waals surface area contributed by atoms with Gasteiger partial charge in [0.05, 0.1) is 4.47 Å². The van der Waals surface area contributed by atoms with E-state index in [0.717, 1.165) is 8.95 Å². The van der Waals surface area contributed by atoms with Gasteiger partial charge in [0.1, 0.15) is 0 Å². The van der Waals surface area contributed by atoms with Gasteiger partial charge < -0.3 is 4.74 Å². The fourth-order valence-electron chi connectivity index (χ4n) is 0.748. The Bertz CT molecular complexity index is 382. The van der Waals surface area contributed by atoms with E-state index in [1.807, 2.05) is 19.9 Å². The number of aromatic nitrogens is 1. The third-order valence-corrected chi connectivity index (χ3v) is 2.48. The van der Waals surface area contributed by atoms with Crippen molar-refractivity contribution in [2.45, 2.75) is 19.4 Å². The fraction of sp³-hybridized carbons (Fsp3) is 0.300. The van der Waals surface area contributed by atoms with E-state index >= 15 is 0 Å². The molecule has 0 N–H and O–H groups in total. The third kappa shape index (κ3) is 3.00. The van der Waals surface area contributed by atoms with Crippen LogP contribution in [0.25, 0.3) is 0 Å². The van der Waals surface area contributed by atoms with Gasteiger partial charge >= 0.3 is 0 Å². The minimum atomic E-state index is -0.649. The molecule has 0 bridgehead atoms. The van der Waals surface area contributed by atoms with Crippen LogP contribution in [0, 0.1) is 12.3 Å². The summed E-state index contributed by atoms with van der Waals surface area (Å²) >= 11 is 6.65. The number of terminal acetylenes is 1. The lowest BCUT2D eigenvalue weighted by Gasteiger charge is -2.19. The molecule has 0 saturated carbocycles. The van der Waals surface area contributed by atoms with Crippen molar-refractivity contribution in [2.75, 3.05) is 0 Å². The van der Waals surface area contributed by atoms with Crippen molar-refractivity contribution in [2.24, 2.45) is 0 Å². The molecule has 1 rings (SSSR count). The van der Waals surface area contributed by atoms with Gasteiger partial charge in [-0.3, -0.25) is 0 Å². The highest BCUT2D eigenvalue weighted by Crippen LogP contribution is 2.27. The predicted molar refractivity (Wildman–Crippen MR) is 63.2 cm³/mol. The molecule has 0 unspecified atom stereocenters. The molecular formula is C10H9Br2NO. The summed E-state index contributed by atoms with van der Waals surface area (Å²) in [5.41, 5.74) is -0.649. The van der Waals surface area contributed by atoms with Crippen molar-refractivity contribution < 1.29 is 4.74 Å². The zero-order chi connectivity index (χ0) is 10.8. The van der Waals surface area contributed by atoms with Gasteiger partial charge in [0.15, 0.2) is 5.60 Å². The van der Waals surface area contributed by atoms with Crippen LogP contribution < -0.4 is 4.74 Å². The number of hydrogen-bond acceptors (Lipinski definition) is 2. The van der Waals surface area contributed by atoms with E-state index in [9.17, 15) is 0 Å². The Morgan fingerprint density at radius 2 is 2.14 bits per heavy atom. The summed E-state index contributed by atoms with van der Waals surface area (Å²) in [5, 5.41) is 0. The molecule has 0 atom stereocenters. The maximum Gasteiger partial charge on any atom is 0.229 e. The van der Waals surface area contributed by atoms with Crippen LogP contribution in [0.2, 0.25) is 0 Å². The van der Waals surface area contributed by atoms with Crippen LogP contribution in [0.4, 0.5) is 0 Å². The Morgan fingerprint density at radius 3 is 2.64 bits per heavy atom. The second-order valence-electron chi connectivity index (χ2n) is 3.20. The normalized spacial score (nSPS) is 10.8. The molecule has 0 amide bonds. The Hall–Kier alpha value is -0.530. The summed E-state index contributed by atoms with van der Waals surface area (Å²) in [6.45, 7) is 3.62. The Kier molecular flexibility index (Phi) is 3.57. The summed E-state index contributed by atoms with van der Waals surface area (Å²) in [6, 6.07) is 1.86. The Labute approximate surface area is 100 Å². The molecule has 74 valence electrons. The highest BCUT2D eigenvalue weighted by Gasteiger charge is 2.18. The van der Waals surface area contributed by atoms with E-state index < -0.39 is 5.60 Å². The molecule has 4 heteroatoms. The molecule has 2 nitrogen and oxygen atoms in total. The lowest BCUT2D eigenvalue weighted by molar-refractivity contribution is 0.163. The molecule has 0 spiro atoms. The molecule has 0 aliphatic rings. The summed E-state index contributed by atoms with van der Waals surface area (Å²) in [6.07, 6.45) is 6.97. The van der Waals surface area contributed by atoms with Gasteiger partial charge in [-0.1, -0.05) is 5.92 Å². The van der Waals surface area contributed by atoms with E-state index in [1.54, 1.807) is 6.20 Å². The number of pyridine rings is 1. The maximum absolute atomic E-state index is 5.52. The molecule has 0 aliphatic heterocycles. The first-order valence-corrected chi connectivity index (χ1v) is 5.51. The smallest absolute Gasteiger partial charge is 0.229 e. The molecule has 0 aromatic carbocycles. The van der Waals surface area contributed by atoms with Gasteiger partial charge in [-0.25, -0.2) is 4.98 Å². The average molecular weight is 319 g/mol. The van der Waals surface area contributed by atoms with Crippen molar-refractivity contribution in [3.05, 3.63) is 21.2 Å². The van der Waals surface area contributed by atoms with E-state index in [4.69, 9.17) is 11.2 Å². The number of hydrogen-bond donors (Lipinski definition) is 0. The monoisotopic (exact) mass is 317 g/mol. The largest absolute Gasteiger partial charge is 0.458 e. The van der Waals surface area contributed by atoms with E-state index in [2.05, 4.69) is 42.8 Å². The van der Waals surface area contributed by atoms with Crippen LogP contribution >= 0.6 is 31.9 Å². The standard InChI is InChI=1S/C10H9Br2NO/c1-4-10(2,3)14-9-8(12)5-7(11)6-13-9/h1,5-6H,2-3H3. The van der Waals surface area contributed by atoms with Crippen molar-refractivity contribution in [3.8, 4) is 18.2 Å². The SMILES string of the molecule is C#CC(C)(C)Oc1ncc(Br)cc1Br. The van der Waals surface area contributed by atoms with Crippen molar-refractivity contribution in [3.63, 3.8) is 0 Å². The number of halogens is 2. The van der Waals surface area contributed by atoms with Gasteiger partial charge in [0.2, 0.25) is 5.88 Å². The Morgan fingerprint density at radius 1 is 1.50 bits per heavy atom. The summed E-state index contributed by atoms with van der Waals surface area (Å²) < 4.78 is 7.18. The first-order valence-electron chi connectivity index (χ1n) is 3.92. The van der Waals surface area contributed by atoms with Gasteiger partial charge in [-0.2, -0.15) is 0 Å². The lowest BCUT2D eigenvalue weighted by atomic mass is 10.1. The third-order valence-electron chi connectivity index (χ3n) is 1.47. The molecule has 1 aromatic rings. The first kappa shape index (κ1) is 11.5. The lowest BCUT2D eigenvalue weighted by Crippen LogP contribution is -2.26. The summed E-state index contributed by atoms with van der Waals surface area (Å²) in [5.74, 6) is 3.03. The average Bonchev–Trinajstić information content (AvgIpc) is 2.10. The Balaban J connectivity index is 2.94. The summed E-state index contributed by atoms with van der Waals surface area (Å²) in [4.78, 5) is 4.10.